The molecule has 0 aliphatic heterocycles. The maximum absolute atomic E-state index is 13.0. The number of carbonyl (C=O) groups excluding carboxylic acids is 1. The molecule has 4 rings (SSSR count). The highest BCUT2D eigenvalue weighted by Gasteiger charge is 2.22. The highest BCUT2D eigenvalue weighted by atomic mass is 16.5. The van der Waals surface area contributed by atoms with Crippen LogP contribution >= 0.6 is 0 Å². The zero-order chi connectivity index (χ0) is 21.4. The Morgan fingerprint density at radius 1 is 0.967 bits per heavy atom. The molecule has 1 unspecified atom stereocenters. The molecule has 30 heavy (non-hydrogen) atoms. The summed E-state index contributed by atoms with van der Waals surface area (Å²) < 4.78 is 6.82. The van der Waals surface area contributed by atoms with Crippen molar-refractivity contribution in [3.63, 3.8) is 0 Å². The summed E-state index contributed by atoms with van der Waals surface area (Å²) in [5.41, 5.74) is -0.0360. The lowest BCUT2D eigenvalue weighted by Gasteiger charge is -2.16. The third-order valence-corrected chi connectivity index (χ3v) is 4.81. The second-order valence-corrected chi connectivity index (χ2v) is 7.25. The molecule has 0 saturated carbocycles. The number of hydrogen-bond acceptors (Lipinski definition) is 6. The molecular weight excluding hydrogens is 384 g/mol. The van der Waals surface area contributed by atoms with Gasteiger partial charge in [-0.15, -0.1) is 0 Å². The molecule has 1 atom stereocenters. The molecule has 0 amide bonds. The molecule has 0 radical (unpaired) electrons. The first-order chi connectivity index (χ1) is 14.4. The number of nitrogens with one attached hydrogen (secondary N) is 1. The molecule has 0 fully saturated rings. The SMILES string of the molecule is CC(OC(=O)c1nn(C(C)C)c(=O)c2ccccc12)c1nc2ccccc2c(=O)[nH]1. The molecular formula is C22H20N4O4. The van der Waals surface area contributed by atoms with E-state index in [-0.39, 0.29) is 28.7 Å². The smallest absolute Gasteiger partial charge is 0.360 e. The van der Waals surface area contributed by atoms with Crippen molar-refractivity contribution in [1.29, 1.82) is 0 Å². The normalized spacial score (nSPS) is 12.4. The zero-order valence-electron chi connectivity index (χ0n) is 16.7. The molecule has 8 nitrogen and oxygen atoms in total. The molecule has 0 aliphatic rings. The highest BCUT2D eigenvalue weighted by Crippen LogP contribution is 2.20. The number of ether oxygens (including phenoxy) is 1. The monoisotopic (exact) mass is 404 g/mol. The number of rotatable bonds is 4. The average molecular weight is 404 g/mol. The number of nitrogens with zero attached hydrogens (tertiary/aromatic N) is 3. The molecule has 4 aromatic rings. The Hall–Kier alpha value is -3.81. The van der Waals surface area contributed by atoms with E-state index in [1.807, 2.05) is 13.8 Å². The molecule has 2 aromatic carbocycles. The second kappa shape index (κ2) is 7.55. The molecule has 0 saturated heterocycles. The van der Waals surface area contributed by atoms with E-state index in [1.54, 1.807) is 55.5 Å². The maximum Gasteiger partial charge on any atom is 0.360 e. The molecule has 2 heterocycles. The Labute approximate surface area is 171 Å². The summed E-state index contributed by atoms with van der Waals surface area (Å²) in [6.07, 6.45) is -0.824. The molecule has 0 bridgehead atoms. The number of H-pyrrole nitrogens is 1. The van der Waals surface area contributed by atoms with Crippen LogP contribution < -0.4 is 11.1 Å². The van der Waals surface area contributed by atoms with E-state index in [1.165, 1.54) is 4.68 Å². The number of aromatic amines is 1. The fraction of sp³-hybridized carbons (Fsp3) is 0.227. The van der Waals surface area contributed by atoms with Crippen molar-refractivity contribution in [1.82, 2.24) is 19.7 Å². The molecule has 2 aromatic heterocycles. The van der Waals surface area contributed by atoms with Crippen LogP contribution in [-0.2, 0) is 4.74 Å². The summed E-state index contributed by atoms with van der Waals surface area (Å²) in [6, 6.07) is 13.5. The van der Waals surface area contributed by atoms with Crippen LogP contribution in [0.3, 0.4) is 0 Å². The standard InChI is InChI=1S/C22H20N4O4/c1-12(2)26-21(28)15-9-5-4-8-14(15)18(25-26)22(29)30-13(3)19-23-17-11-7-6-10-16(17)20(27)24-19/h4-13H,1-3H3,(H,23,24,27). The Kier molecular flexibility index (Phi) is 4.91. The number of hydrogen-bond donors (Lipinski definition) is 1. The van der Waals surface area contributed by atoms with Gasteiger partial charge >= 0.3 is 5.97 Å². The van der Waals surface area contributed by atoms with Crippen LogP contribution in [0.4, 0.5) is 0 Å². The minimum absolute atomic E-state index is 0.0360. The first kappa shape index (κ1) is 19.5. The summed E-state index contributed by atoms with van der Waals surface area (Å²) in [4.78, 5) is 45.0. The summed E-state index contributed by atoms with van der Waals surface area (Å²) in [5, 5.41) is 5.51. The number of carbonyl (C=O) groups is 1. The Balaban J connectivity index is 1.74. The van der Waals surface area contributed by atoms with Gasteiger partial charge in [-0.3, -0.25) is 9.59 Å². The van der Waals surface area contributed by atoms with E-state index in [0.717, 1.165) is 0 Å². The van der Waals surface area contributed by atoms with Crippen molar-refractivity contribution in [3.8, 4) is 0 Å². The predicted octanol–water partition coefficient (Wildman–Crippen LogP) is 3.13. The number of benzene rings is 2. The topological polar surface area (TPSA) is 107 Å². The van der Waals surface area contributed by atoms with Gasteiger partial charge in [0, 0.05) is 5.39 Å². The van der Waals surface area contributed by atoms with Gasteiger partial charge in [-0.05, 0) is 39.0 Å². The lowest BCUT2D eigenvalue weighted by atomic mass is 10.1. The van der Waals surface area contributed by atoms with Crippen LogP contribution in [0.25, 0.3) is 21.7 Å². The van der Waals surface area contributed by atoms with Gasteiger partial charge in [0.05, 0.1) is 22.3 Å². The van der Waals surface area contributed by atoms with E-state index >= 15 is 0 Å². The lowest BCUT2D eigenvalue weighted by molar-refractivity contribution is 0.0312. The second-order valence-electron chi connectivity index (χ2n) is 7.25. The summed E-state index contributed by atoms with van der Waals surface area (Å²) in [5.74, 6) is -0.475. The third-order valence-electron chi connectivity index (χ3n) is 4.81. The first-order valence-corrected chi connectivity index (χ1v) is 9.58. The number of esters is 1. The van der Waals surface area contributed by atoms with E-state index in [0.29, 0.717) is 21.7 Å². The van der Waals surface area contributed by atoms with Gasteiger partial charge in [0.1, 0.15) is 0 Å². The molecule has 152 valence electrons. The van der Waals surface area contributed by atoms with Crippen LogP contribution in [-0.4, -0.2) is 25.7 Å². The number of aromatic nitrogens is 4. The van der Waals surface area contributed by atoms with E-state index in [2.05, 4.69) is 15.1 Å². The van der Waals surface area contributed by atoms with Crippen LogP contribution in [0, 0.1) is 0 Å². The molecule has 8 heteroatoms. The molecule has 0 spiro atoms. The van der Waals surface area contributed by atoms with Crippen LogP contribution in [0.5, 0.6) is 0 Å². The average Bonchev–Trinajstić information content (AvgIpc) is 2.73. The Morgan fingerprint density at radius 3 is 2.30 bits per heavy atom. The van der Waals surface area contributed by atoms with Gasteiger partial charge in [-0.2, -0.15) is 5.10 Å². The van der Waals surface area contributed by atoms with Crippen molar-refractivity contribution in [2.24, 2.45) is 0 Å². The largest absolute Gasteiger partial charge is 0.450 e. The lowest BCUT2D eigenvalue weighted by Crippen LogP contribution is -2.28. The Bertz CT molecular complexity index is 1390. The summed E-state index contributed by atoms with van der Waals surface area (Å²) in [7, 11) is 0. The molecule has 0 aliphatic carbocycles. The quantitative estimate of drug-likeness (QED) is 0.524. The van der Waals surface area contributed by atoms with E-state index < -0.39 is 12.1 Å². The number of fused-ring (bicyclic) bond motifs is 2. The Morgan fingerprint density at radius 2 is 1.60 bits per heavy atom. The third kappa shape index (κ3) is 3.36. The van der Waals surface area contributed by atoms with Crippen molar-refractivity contribution < 1.29 is 9.53 Å². The minimum atomic E-state index is -0.824. The van der Waals surface area contributed by atoms with E-state index in [4.69, 9.17) is 4.74 Å². The van der Waals surface area contributed by atoms with Gasteiger partial charge in [-0.25, -0.2) is 14.5 Å². The summed E-state index contributed by atoms with van der Waals surface area (Å²) in [6.45, 7) is 5.24. The van der Waals surface area contributed by atoms with Gasteiger partial charge in [0.15, 0.2) is 17.6 Å². The van der Waals surface area contributed by atoms with Crippen molar-refractivity contribution in [2.75, 3.05) is 0 Å². The number of para-hydroxylation sites is 1. The van der Waals surface area contributed by atoms with Gasteiger partial charge in [-0.1, -0.05) is 30.3 Å². The minimum Gasteiger partial charge on any atom is -0.450 e. The van der Waals surface area contributed by atoms with Gasteiger partial charge in [0.2, 0.25) is 0 Å². The predicted molar refractivity (Wildman–Crippen MR) is 113 cm³/mol. The van der Waals surface area contributed by atoms with Crippen molar-refractivity contribution in [2.45, 2.75) is 32.9 Å². The first-order valence-electron chi connectivity index (χ1n) is 9.58. The van der Waals surface area contributed by atoms with E-state index in [9.17, 15) is 14.4 Å². The van der Waals surface area contributed by atoms with Gasteiger partial charge in [0.25, 0.3) is 11.1 Å². The van der Waals surface area contributed by atoms with Crippen molar-refractivity contribution >= 4 is 27.6 Å². The van der Waals surface area contributed by atoms with Crippen LogP contribution in [0.1, 0.15) is 49.2 Å². The van der Waals surface area contributed by atoms with Gasteiger partial charge < -0.3 is 9.72 Å². The van der Waals surface area contributed by atoms with Crippen LogP contribution in [0.15, 0.2) is 58.1 Å². The van der Waals surface area contributed by atoms with Crippen molar-refractivity contribution in [3.05, 3.63) is 80.8 Å². The van der Waals surface area contributed by atoms with Crippen LogP contribution in [0.2, 0.25) is 0 Å². The highest BCUT2D eigenvalue weighted by molar-refractivity contribution is 6.02. The fourth-order valence-corrected chi connectivity index (χ4v) is 3.28. The molecule has 1 N–H and O–H groups in total. The summed E-state index contributed by atoms with van der Waals surface area (Å²) >= 11 is 0. The fourth-order valence-electron chi connectivity index (χ4n) is 3.28. The zero-order valence-corrected chi connectivity index (χ0v) is 16.7. The maximum atomic E-state index is 13.0.